The highest BCUT2D eigenvalue weighted by atomic mass is 16.5. The number of rotatable bonds is 4. The molecule has 1 N–H and O–H groups in total. The van der Waals surface area contributed by atoms with E-state index in [1.54, 1.807) is 13.3 Å². The molecule has 2 heterocycles. The molecular formula is C17H16N4O3. The van der Waals surface area contributed by atoms with Crippen LogP contribution in [0.3, 0.4) is 0 Å². The van der Waals surface area contributed by atoms with Crippen LogP contribution in [0, 0.1) is 13.8 Å². The van der Waals surface area contributed by atoms with Gasteiger partial charge in [-0.2, -0.15) is 5.10 Å². The molecule has 24 heavy (non-hydrogen) atoms. The summed E-state index contributed by atoms with van der Waals surface area (Å²) in [6.45, 7) is 3.76. The molecule has 0 amide bonds. The topological polar surface area (TPSA) is 90.1 Å². The van der Waals surface area contributed by atoms with Crippen molar-refractivity contribution in [2.45, 2.75) is 13.8 Å². The van der Waals surface area contributed by atoms with Crippen molar-refractivity contribution in [1.82, 2.24) is 19.7 Å². The minimum absolute atomic E-state index is 0.0309. The van der Waals surface area contributed by atoms with Crippen LogP contribution in [0.1, 0.15) is 21.7 Å². The van der Waals surface area contributed by atoms with Crippen LogP contribution >= 0.6 is 0 Å². The third-order valence-corrected chi connectivity index (χ3v) is 3.74. The first kappa shape index (κ1) is 15.7. The highest BCUT2D eigenvalue weighted by Crippen LogP contribution is 2.23. The van der Waals surface area contributed by atoms with Crippen molar-refractivity contribution in [1.29, 1.82) is 0 Å². The van der Waals surface area contributed by atoms with Crippen LogP contribution in [0.5, 0.6) is 5.75 Å². The van der Waals surface area contributed by atoms with Gasteiger partial charge in [0.05, 0.1) is 7.11 Å². The fourth-order valence-electron chi connectivity index (χ4n) is 2.26. The number of carboxylic acid groups (broad SMARTS) is 1. The van der Waals surface area contributed by atoms with Gasteiger partial charge in [0.2, 0.25) is 0 Å². The summed E-state index contributed by atoms with van der Waals surface area (Å²) in [7, 11) is 1.61. The average Bonchev–Trinajstić information content (AvgIpc) is 3.07. The smallest absolute Gasteiger partial charge is 0.356 e. The summed E-state index contributed by atoms with van der Waals surface area (Å²) in [5.41, 5.74) is 2.45. The molecule has 0 aliphatic rings. The van der Waals surface area contributed by atoms with E-state index in [4.69, 9.17) is 9.84 Å². The van der Waals surface area contributed by atoms with E-state index in [2.05, 4.69) is 15.1 Å². The standard InChI is InChI=1S/C17H16N4O3/c1-10-11(2)18-15(12-4-6-13(24-3)7-5-12)19-16(10)21-9-8-14(20-21)17(22)23/h4-9H,1-3H3,(H,22,23). The first-order valence-corrected chi connectivity index (χ1v) is 7.28. The molecule has 3 aromatic rings. The van der Waals surface area contributed by atoms with Gasteiger partial charge in [-0.15, -0.1) is 0 Å². The highest BCUT2D eigenvalue weighted by Gasteiger charge is 2.14. The number of hydrogen-bond acceptors (Lipinski definition) is 5. The van der Waals surface area contributed by atoms with Gasteiger partial charge >= 0.3 is 5.97 Å². The first-order chi connectivity index (χ1) is 11.5. The second-order valence-electron chi connectivity index (χ2n) is 5.26. The third kappa shape index (κ3) is 2.83. The van der Waals surface area contributed by atoms with Crippen LogP contribution in [0.15, 0.2) is 36.5 Å². The summed E-state index contributed by atoms with van der Waals surface area (Å²) in [4.78, 5) is 20.1. The lowest BCUT2D eigenvalue weighted by Crippen LogP contribution is -2.08. The lowest BCUT2D eigenvalue weighted by Gasteiger charge is -2.10. The number of benzene rings is 1. The van der Waals surface area contributed by atoms with Gasteiger partial charge in [0.1, 0.15) is 5.75 Å². The van der Waals surface area contributed by atoms with Crippen molar-refractivity contribution < 1.29 is 14.6 Å². The van der Waals surface area contributed by atoms with Gasteiger partial charge in [-0.25, -0.2) is 19.4 Å². The first-order valence-electron chi connectivity index (χ1n) is 7.28. The molecule has 0 unspecified atom stereocenters. The van der Waals surface area contributed by atoms with Gasteiger partial charge in [-0.1, -0.05) is 0 Å². The number of methoxy groups -OCH3 is 1. The summed E-state index contributed by atoms with van der Waals surface area (Å²) in [6, 6.07) is 8.86. The molecule has 0 spiro atoms. The molecule has 3 rings (SSSR count). The number of carboxylic acids is 1. The Balaban J connectivity index is 2.09. The SMILES string of the molecule is COc1ccc(-c2nc(C)c(C)c(-n3ccc(C(=O)O)n3)n2)cc1. The maximum Gasteiger partial charge on any atom is 0.356 e. The predicted molar refractivity (Wildman–Crippen MR) is 87.6 cm³/mol. The third-order valence-electron chi connectivity index (χ3n) is 3.74. The zero-order valence-corrected chi connectivity index (χ0v) is 13.5. The van der Waals surface area contributed by atoms with Crippen molar-refractivity contribution >= 4 is 5.97 Å². The summed E-state index contributed by atoms with van der Waals surface area (Å²) < 4.78 is 6.61. The Morgan fingerprint density at radius 2 is 1.83 bits per heavy atom. The van der Waals surface area contributed by atoms with E-state index < -0.39 is 5.97 Å². The van der Waals surface area contributed by atoms with E-state index in [0.29, 0.717) is 11.6 Å². The molecule has 0 saturated heterocycles. The number of aromatic nitrogens is 4. The Kier molecular flexibility index (Phi) is 3.99. The van der Waals surface area contributed by atoms with E-state index in [-0.39, 0.29) is 5.69 Å². The van der Waals surface area contributed by atoms with E-state index in [0.717, 1.165) is 22.6 Å². The lowest BCUT2D eigenvalue weighted by molar-refractivity contribution is 0.0690. The van der Waals surface area contributed by atoms with Gasteiger partial charge in [0.25, 0.3) is 0 Å². The number of hydrogen-bond donors (Lipinski definition) is 1. The van der Waals surface area contributed by atoms with Crippen LogP contribution in [0.4, 0.5) is 0 Å². The molecule has 0 radical (unpaired) electrons. The van der Waals surface area contributed by atoms with Crippen molar-refractivity contribution in [2.24, 2.45) is 0 Å². The van der Waals surface area contributed by atoms with E-state index in [9.17, 15) is 4.79 Å². The lowest BCUT2D eigenvalue weighted by atomic mass is 10.2. The molecule has 0 aliphatic carbocycles. The van der Waals surface area contributed by atoms with Crippen LogP contribution in [0.2, 0.25) is 0 Å². The summed E-state index contributed by atoms with van der Waals surface area (Å²) in [5.74, 6) is 0.775. The molecule has 0 fully saturated rings. The zero-order valence-electron chi connectivity index (χ0n) is 13.5. The van der Waals surface area contributed by atoms with E-state index >= 15 is 0 Å². The molecule has 0 saturated carbocycles. The largest absolute Gasteiger partial charge is 0.497 e. The second-order valence-corrected chi connectivity index (χ2v) is 5.26. The number of aryl methyl sites for hydroxylation is 1. The zero-order chi connectivity index (χ0) is 17.3. The molecule has 0 aliphatic heterocycles. The van der Waals surface area contributed by atoms with E-state index in [1.807, 2.05) is 38.1 Å². The second kappa shape index (κ2) is 6.11. The Morgan fingerprint density at radius 3 is 2.42 bits per heavy atom. The summed E-state index contributed by atoms with van der Waals surface area (Å²) in [5, 5.41) is 13.1. The van der Waals surface area contributed by atoms with Crippen LogP contribution in [-0.4, -0.2) is 37.9 Å². The van der Waals surface area contributed by atoms with Crippen molar-refractivity contribution in [2.75, 3.05) is 7.11 Å². The summed E-state index contributed by atoms with van der Waals surface area (Å²) >= 11 is 0. The highest BCUT2D eigenvalue weighted by molar-refractivity contribution is 5.85. The molecular weight excluding hydrogens is 308 g/mol. The van der Waals surface area contributed by atoms with Crippen LogP contribution < -0.4 is 4.74 Å². The van der Waals surface area contributed by atoms with Crippen LogP contribution in [0.25, 0.3) is 17.2 Å². The fourth-order valence-corrected chi connectivity index (χ4v) is 2.26. The van der Waals surface area contributed by atoms with Crippen molar-refractivity contribution in [3.05, 3.63) is 53.5 Å². The quantitative estimate of drug-likeness (QED) is 0.793. The van der Waals surface area contributed by atoms with Crippen molar-refractivity contribution in [3.8, 4) is 23.0 Å². The number of nitrogens with zero attached hydrogens (tertiary/aromatic N) is 4. The summed E-state index contributed by atoms with van der Waals surface area (Å²) in [6.07, 6.45) is 1.58. The van der Waals surface area contributed by atoms with Crippen LogP contribution in [-0.2, 0) is 0 Å². The normalized spacial score (nSPS) is 10.6. The molecule has 1 aromatic carbocycles. The molecule has 122 valence electrons. The Labute approximate surface area is 138 Å². The monoisotopic (exact) mass is 324 g/mol. The van der Waals surface area contributed by atoms with Gasteiger partial charge in [0.15, 0.2) is 17.3 Å². The average molecular weight is 324 g/mol. The molecule has 2 aromatic heterocycles. The number of aromatic carboxylic acids is 1. The van der Waals surface area contributed by atoms with Gasteiger partial charge in [-0.3, -0.25) is 0 Å². The maximum absolute atomic E-state index is 11.0. The molecule has 7 nitrogen and oxygen atoms in total. The van der Waals surface area contributed by atoms with Gasteiger partial charge in [-0.05, 0) is 44.2 Å². The van der Waals surface area contributed by atoms with Crippen molar-refractivity contribution in [3.63, 3.8) is 0 Å². The van der Waals surface area contributed by atoms with Gasteiger partial charge < -0.3 is 9.84 Å². The minimum Gasteiger partial charge on any atom is -0.497 e. The molecule has 7 heteroatoms. The molecule has 0 bridgehead atoms. The maximum atomic E-state index is 11.0. The minimum atomic E-state index is -1.08. The van der Waals surface area contributed by atoms with Gasteiger partial charge in [0, 0.05) is 23.0 Å². The van der Waals surface area contributed by atoms with E-state index in [1.165, 1.54) is 10.7 Å². The number of ether oxygens (including phenoxy) is 1. The molecule has 0 atom stereocenters. The predicted octanol–water partition coefficient (Wildman–Crippen LogP) is 2.65. The Bertz CT molecular complexity index is 901. The fraction of sp³-hybridized carbons (Fsp3) is 0.176. The Hall–Kier alpha value is -3.22. The number of carbonyl (C=O) groups is 1. The Morgan fingerprint density at radius 1 is 1.12 bits per heavy atom.